The summed E-state index contributed by atoms with van der Waals surface area (Å²) >= 11 is 6.03. The van der Waals surface area contributed by atoms with E-state index in [1.54, 1.807) is 0 Å². The molecule has 0 aromatic heterocycles. The number of hydrogen-bond acceptors (Lipinski definition) is 1. The molecule has 2 nitrogen and oxygen atoms in total. The highest BCUT2D eigenvalue weighted by Crippen LogP contribution is 2.35. The molecule has 56 valence electrons. The zero-order valence-corrected chi connectivity index (χ0v) is 6.40. The molecule has 2 bridgehead atoms. The number of hydrogen-bond donors (Lipinski definition) is 1. The van der Waals surface area contributed by atoms with E-state index in [9.17, 15) is 4.79 Å². The number of piperidine rings is 1. The minimum atomic E-state index is 0.185. The Bertz CT molecular complexity index is 155. The smallest absolute Gasteiger partial charge is 0.220 e. The van der Waals surface area contributed by atoms with E-state index in [1.807, 2.05) is 0 Å². The summed E-state index contributed by atoms with van der Waals surface area (Å²) in [5, 5.41) is 3.09. The Balaban J connectivity index is 2.16. The Kier molecular flexibility index (Phi) is 1.37. The van der Waals surface area contributed by atoms with Gasteiger partial charge in [0.2, 0.25) is 5.91 Å². The highest BCUT2D eigenvalue weighted by molar-refractivity contribution is 6.22. The fraction of sp³-hybridized carbons (Fsp3) is 0.857. The minimum absolute atomic E-state index is 0.185. The van der Waals surface area contributed by atoms with Gasteiger partial charge in [0, 0.05) is 12.5 Å². The van der Waals surface area contributed by atoms with Crippen molar-refractivity contribution in [1.29, 1.82) is 0 Å². The van der Waals surface area contributed by atoms with E-state index in [0.29, 0.717) is 12.3 Å². The van der Waals surface area contributed by atoms with E-state index in [2.05, 4.69) is 5.32 Å². The third kappa shape index (κ3) is 0.823. The minimum Gasteiger partial charge on any atom is -0.352 e. The Morgan fingerprint density at radius 1 is 1.50 bits per heavy atom. The largest absolute Gasteiger partial charge is 0.352 e. The van der Waals surface area contributed by atoms with Gasteiger partial charge in [-0.05, 0) is 18.8 Å². The van der Waals surface area contributed by atoms with E-state index >= 15 is 0 Å². The van der Waals surface area contributed by atoms with Crippen molar-refractivity contribution in [3.63, 3.8) is 0 Å². The lowest BCUT2D eigenvalue weighted by molar-refractivity contribution is -0.123. The van der Waals surface area contributed by atoms with Gasteiger partial charge in [-0.25, -0.2) is 0 Å². The summed E-state index contributed by atoms with van der Waals surface area (Å²) < 4.78 is 0. The van der Waals surface area contributed by atoms with Crippen LogP contribution in [0.3, 0.4) is 0 Å². The van der Waals surface area contributed by atoms with Gasteiger partial charge in [0.15, 0.2) is 0 Å². The quantitative estimate of drug-likeness (QED) is 0.523. The number of carbonyl (C=O) groups excluding carboxylic acids is 1. The maximum Gasteiger partial charge on any atom is 0.220 e. The van der Waals surface area contributed by atoms with Crippen molar-refractivity contribution >= 4 is 17.5 Å². The number of fused-ring (bicyclic) bond motifs is 2. The average Bonchev–Trinajstić information content (AvgIpc) is 2.20. The second-order valence-corrected chi connectivity index (χ2v) is 3.66. The molecule has 0 radical (unpaired) electrons. The predicted octanol–water partition coefficient (Wildman–Crippen LogP) is 0.892. The van der Waals surface area contributed by atoms with E-state index in [4.69, 9.17) is 11.6 Å². The molecule has 0 spiro atoms. The number of carbonyl (C=O) groups is 1. The van der Waals surface area contributed by atoms with Gasteiger partial charge < -0.3 is 5.32 Å². The molecule has 0 aromatic carbocycles. The van der Waals surface area contributed by atoms with Crippen LogP contribution in [0.2, 0.25) is 0 Å². The van der Waals surface area contributed by atoms with Crippen molar-refractivity contribution in [3.05, 3.63) is 0 Å². The van der Waals surface area contributed by atoms with Crippen molar-refractivity contribution in [1.82, 2.24) is 5.32 Å². The maximum absolute atomic E-state index is 10.9. The highest BCUT2D eigenvalue weighted by Gasteiger charge is 2.40. The van der Waals surface area contributed by atoms with Crippen LogP contribution >= 0.6 is 11.6 Å². The normalized spacial score (nSPS) is 45.3. The lowest BCUT2D eigenvalue weighted by Gasteiger charge is -2.25. The van der Waals surface area contributed by atoms with Crippen LogP contribution in [-0.4, -0.2) is 17.3 Å². The molecular weight excluding hydrogens is 150 g/mol. The van der Waals surface area contributed by atoms with Gasteiger partial charge in [-0.3, -0.25) is 4.79 Å². The second kappa shape index (κ2) is 2.12. The molecule has 1 heterocycles. The second-order valence-electron chi connectivity index (χ2n) is 3.16. The first kappa shape index (κ1) is 6.47. The van der Waals surface area contributed by atoms with E-state index in [1.165, 1.54) is 0 Å². The van der Waals surface area contributed by atoms with Crippen molar-refractivity contribution in [2.24, 2.45) is 5.92 Å². The SMILES string of the molecule is O=C1C[C@@H]2CC[C@H](N1)[C@@H]2Cl. The molecular formula is C7H10ClNO. The van der Waals surface area contributed by atoms with Gasteiger partial charge in [-0.2, -0.15) is 0 Å². The fourth-order valence-corrected chi connectivity index (χ4v) is 2.31. The summed E-state index contributed by atoms with van der Waals surface area (Å²) in [6, 6.07) is 0.271. The van der Waals surface area contributed by atoms with Gasteiger partial charge in [-0.15, -0.1) is 11.6 Å². The molecule has 2 aliphatic rings. The van der Waals surface area contributed by atoms with Crippen LogP contribution in [-0.2, 0) is 4.79 Å². The molecule has 3 heteroatoms. The lowest BCUT2D eigenvalue weighted by atomic mass is 10.00. The van der Waals surface area contributed by atoms with Gasteiger partial charge in [0.25, 0.3) is 0 Å². The maximum atomic E-state index is 10.9. The van der Waals surface area contributed by atoms with E-state index < -0.39 is 0 Å². The molecule has 0 aromatic rings. The third-order valence-electron chi connectivity index (χ3n) is 2.48. The van der Waals surface area contributed by atoms with Gasteiger partial charge in [-0.1, -0.05) is 0 Å². The number of alkyl halides is 1. The Hall–Kier alpha value is -0.240. The van der Waals surface area contributed by atoms with Crippen molar-refractivity contribution in [2.75, 3.05) is 0 Å². The first-order valence-corrected chi connectivity index (χ1v) is 4.14. The molecule has 2 fully saturated rings. The Morgan fingerprint density at radius 2 is 2.30 bits per heavy atom. The molecule has 2 rings (SSSR count). The first-order valence-electron chi connectivity index (χ1n) is 3.71. The molecule has 1 N–H and O–H groups in total. The topological polar surface area (TPSA) is 29.1 Å². The van der Waals surface area contributed by atoms with Crippen LogP contribution in [0, 0.1) is 5.92 Å². The number of nitrogens with one attached hydrogen (secondary N) is 1. The number of halogens is 1. The summed E-state index contributed by atoms with van der Waals surface area (Å²) in [4.78, 5) is 10.9. The Morgan fingerprint density at radius 3 is 3.00 bits per heavy atom. The van der Waals surface area contributed by atoms with Gasteiger partial charge >= 0.3 is 0 Å². The molecule has 1 aliphatic heterocycles. The summed E-state index contributed by atoms with van der Waals surface area (Å²) in [7, 11) is 0. The van der Waals surface area contributed by atoms with Crippen molar-refractivity contribution < 1.29 is 4.79 Å². The van der Waals surface area contributed by atoms with Crippen molar-refractivity contribution in [2.45, 2.75) is 30.7 Å². The van der Waals surface area contributed by atoms with Crippen LogP contribution in [0.25, 0.3) is 0 Å². The summed E-state index contributed by atoms with van der Waals surface area (Å²) in [5.41, 5.74) is 0. The molecule has 10 heavy (non-hydrogen) atoms. The van der Waals surface area contributed by atoms with Crippen molar-refractivity contribution in [3.8, 4) is 0 Å². The van der Waals surface area contributed by atoms with Crippen LogP contribution in [0.4, 0.5) is 0 Å². The van der Waals surface area contributed by atoms with Crippen LogP contribution in [0.1, 0.15) is 19.3 Å². The molecule has 3 atom stereocenters. The summed E-state index contributed by atoms with van der Waals surface area (Å²) in [6.45, 7) is 0. The number of rotatable bonds is 0. The highest BCUT2D eigenvalue weighted by atomic mass is 35.5. The van der Waals surface area contributed by atoms with Gasteiger partial charge in [0.1, 0.15) is 0 Å². The third-order valence-corrected chi connectivity index (χ3v) is 3.14. The lowest BCUT2D eigenvalue weighted by Crippen LogP contribution is -2.44. The first-order chi connectivity index (χ1) is 4.77. The van der Waals surface area contributed by atoms with Crippen LogP contribution in [0.5, 0.6) is 0 Å². The molecule has 1 aliphatic carbocycles. The fourth-order valence-electron chi connectivity index (χ4n) is 1.91. The summed E-state index contributed by atoms with van der Waals surface area (Å²) in [5.74, 6) is 0.643. The molecule has 1 saturated heterocycles. The molecule has 1 amide bonds. The zero-order chi connectivity index (χ0) is 7.14. The summed E-state index contributed by atoms with van der Waals surface area (Å²) in [6.07, 6.45) is 2.84. The molecule has 1 saturated carbocycles. The predicted molar refractivity (Wildman–Crippen MR) is 38.9 cm³/mol. The van der Waals surface area contributed by atoms with E-state index in [0.717, 1.165) is 12.8 Å². The standard InChI is InChI=1S/C7H10ClNO/c8-7-4-1-2-5(7)9-6(10)3-4/h4-5,7H,1-3H2,(H,9,10)/t4-,5-,7+/m0/s1. The van der Waals surface area contributed by atoms with E-state index in [-0.39, 0.29) is 17.3 Å². The number of amides is 1. The zero-order valence-electron chi connectivity index (χ0n) is 5.64. The average molecular weight is 160 g/mol. The van der Waals surface area contributed by atoms with Crippen LogP contribution in [0.15, 0.2) is 0 Å². The Labute approximate surface area is 64.9 Å². The monoisotopic (exact) mass is 159 g/mol. The van der Waals surface area contributed by atoms with Crippen LogP contribution < -0.4 is 5.32 Å². The van der Waals surface area contributed by atoms with Gasteiger partial charge in [0.05, 0.1) is 5.38 Å². The molecule has 0 unspecified atom stereocenters.